The van der Waals surface area contributed by atoms with Crippen LogP contribution in [0.3, 0.4) is 0 Å². The molecule has 0 bridgehead atoms. The van der Waals surface area contributed by atoms with Gasteiger partial charge in [0.1, 0.15) is 0 Å². The second-order valence-electron chi connectivity index (χ2n) is 9.49. The van der Waals surface area contributed by atoms with Crippen molar-refractivity contribution in [3.63, 3.8) is 0 Å². The predicted octanol–water partition coefficient (Wildman–Crippen LogP) is 4.78. The molecule has 0 radical (unpaired) electrons. The molecule has 188 valence electrons. The highest BCUT2D eigenvalue weighted by Gasteiger charge is 2.29. The van der Waals surface area contributed by atoms with E-state index in [1.54, 1.807) is 12.0 Å². The Morgan fingerprint density at radius 2 is 1.72 bits per heavy atom. The number of nitrogens with one attached hydrogen (secondary N) is 1. The van der Waals surface area contributed by atoms with Crippen LogP contribution in [0, 0.1) is 5.92 Å². The third-order valence-corrected chi connectivity index (χ3v) is 6.93. The Balaban J connectivity index is 1.40. The molecule has 2 aliphatic heterocycles. The largest absolute Gasteiger partial charge is 0.493 e. The van der Waals surface area contributed by atoms with Crippen molar-refractivity contribution < 1.29 is 14.3 Å². The minimum Gasteiger partial charge on any atom is -0.493 e. The summed E-state index contributed by atoms with van der Waals surface area (Å²) in [5, 5.41) is 3.03. The number of hydrogen-bond donors (Lipinski definition) is 1. The third-order valence-electron chi connectivity index (χ3n) is 6.93. The Morgan fingerprint density at radius 3 is 2.47 bits per heavy atom. The van der Waals surface area contributed by atoms with Crippen molar-refractivity contribution in [1.82, 2.24) is 20.2 Å². The number of anilines is 1. The summed E-state index contributed by atoms with van der Waals surface area (Å²) in [4.78, 5) is 26.9. The second kappa shape index (κ2) is 10.8. The number of aromatic nitrogens is 2. The summed E-state index contributed by atoms with van der Waals surface area (Å²) in [5.74, 6) is 3.12. The molecule has 8 heteroatoms. The van der Waals surface area contributed by atoms with Crippen LogP contribution in [-0.4, -0.2) is 47.6 Å². The van der Waals surface area contributed by atoms with Gasteiger partial charge in [0.05, 0.1) is 24.9 Å². The molecule has 8 nitrogen and oxygen atoms in total. The highest BCUT2D eigenvalue weighted by molar-refractivity contribution is 5.74. The number of urea groups is 1. The molecule has 0 aliphatic carbocycles. The lowest BCUT2D eigenvalue weighted by molar-refractivity contribution is 0.190. The molecule has 2 aromatic carbocycles. The molecule has 1 N–H and O–H groups in total. The molecule has 5 rings (SSSR count). The van der Waals surface area contributed by atoms with Crippen LogP contribution < -0.4 is 19.7 Å². The van der Waals surface area contributed by atoms with Crippen LogP contribution in [0.5, 0.6) is 17.4 Å². The van der Waals surface area contributed by atoms with E-state index >= 15 is 0 Å². The average Bonchev–Trinajstić information content (AvgIpc) is 2.92. The van der Waals surface area contributed by atoms with E-state index in [2.05, 4.69) is 17.1 Å². The Bertz CT molecular complexity index is 1200. The summed E-state index contributed by atoms with van der Waals surface area (Å²) in [6.07, 6.45) is 2.90. The normalized spacial score (nSPS) is 15.8. The molecule has 1 aromatic heterocycles. The number of carbonyl (C=O) groups is 1. The first-order chi connectivity index (χ1) is 17.6. The van der Waals surface area contributed by atoms with E-state index in [9.17, 15) is 4.79 Å². The number of para-hydroxylation sites is 2. The molecule has 1 saturated heterocycles. The van der Waals surface area contributed by atoms with E-state index in [0.29, 0.717) is 55.3 Å². The molecule has 0 unspecified atom stereocenters. The first-order valence-corrected chi connectivity index (χ1v) is 12.6. The van der Waals surface area contributed by atoms with Gasteiger partial charge in [0.15, 0.2) is 11.5 Å². The first-order valence-electron chi connectivity index (χ1n) is 12.6. The standard InChI is InChI=1S/C28H33N5O3/c1-20-12-15-32(16-13-20)27-30-23-14-17-33(28(34)29-18-21-8-4-3-5-9-21)19-22(23)26(31-27)36-25-11-7-6-10-24(25)35-2/h3-11,20H,12-19H2,1-2H3,(H,29,34). The fraction of sp³-hybridized carbons (Fsp3) is 0.393. The van der Waals surface area contributed by atoms with E-state index in [1.165, 1.54) is 0 Å². The molecular weight excluding hydrogens is 454 g/mol. The van der Waals surface area contributed by atoms with Gasteiger partial charge in [0, 0.05) is 32.6 Å². The number of hydrogen-bond acceptors (Lipinski definition) is 6. The minimum absolute atomic E-state index is 0.109. The van der Waals surface area contributed by atoms with Crippen LogP contribution in [0.2, 0.25) is 0 Å². The van der Waals surface area contributed by atoms with E-state index in [0.717, 1.165) is 42.8 Å². The summed E-state index contributed by atoms with van der Waals surface area (Å²) in [6.45, 7) is 5.62. The van der Waals surface area contributed by atoms with E-state index in [4.69, 9.17) is 19.4 Å². The summed E-state index contributed by atoms with van der Waals surface area (Å²) in [6, 6.07) is 17.3. The maximum atomic E-state index is 13.0. The molecule has 0 spiro atoms. The number of carbonyl (C=O) groups excluding carboxylic acids is 1. The summed E-state index contributed by atoms with van der Waals surface area (Å²) in [7, 11) is 1.62. The average molecular weight is 488 g/mol. The van der Waals surface area contributed by atoms with Crippen LogP contribution in [0.15, 0.2) is 54.6 Å². The van der Waals surface area contributed by atoms with Gasteiger partial charge in [-0.05, 0) is 36.5 Å². The van der Waals surface area contributed by atoms with Gasteiger partial charge in [-0.3, -0.25) is 0 Å². The highest BCUT2D eigenvalue weighted by Crippen LogP contribution is 2.36. The lowest BCUT2D eigenvalue weighted by Gasteiger charge is -2.33. The zero-order valence-corrected chi connectivity index (χ0v) is 20.9. The van der Waals surface area contributed by atoms with Gasteiger partial charge in [0.2, 0.25) is 11.8 Å². The maximum Gasteiger partial charge on any atom is 0.317 e. The minimum atomic E-state index is -0.109. The molecular formula is C28H33N5O3. The van der Waals surface area contributed by atoms with Crippen molar-refractivity contribution in [3.8, 4) is 17.4 Å². The zero-order valence-electron chi connectivity index (χ0n) is 20.9. The molecule has 3 aromatic rings. The monoisotopic (exact) mass is 487 g/mol. The molecule has 36 heavy (non-hydrogen) atoms. The fourth-order valence-electron chi connectivity index (χ4n) is 4.67. The third kappa shape index (κ3) is 5.37. The van der Waals surface area contributed by atoms with Crippen molar-refractivity contribution in [2.24, 2.45) is 5.92 Å². The zero-order chi connectivity index (χ0) is 24.9. The summed E-state index contributed by atoms with van der Waals surface area (Å²) in [5.41, 5.74) is 2.85. The highest BCUT2D eigenvalue weighted by atomic mass is 16.5. The van der Waals surface area contributed by atoms with Gasteiger partial charge in [-0.25, -0.2) is 9.78 Å². The number of fused-ring (bicyclic) bond motifs is 1. The van der Waals surface area contributed by atoms with Gasteiger partial charge in [0.25, 0.3) is 0 Å². The van der Waals surface area contributed by atoms with E-state index in [-0.39, 0.29) is 6.03 Å². The van der Waals surface area contributed by atoms with Gasteiger partial charge in [-0.2, -0.15) is 4.98 Å². The number of methoxy groups -OCH3 is 1. The summed E-state index contributed by atoms with van der Waals surface area (Å²) >= 11 is 0. The Kier molecular flexibility index (Phi) is 7.21. The van der Waals surface area contributed by atoms with Gasteiger partial charge >= 0.3 is 6.03 Å². The molecule has 0 atom stereocenters. The number of piperidine rings is 1. The van der Waals surface area contributed by atoms with Crippen LogP contribution >= 0.6 is 0 Å². The van der Waals surface area contributed by atoms with Gasteiger partial charge in [-0.1, -0.05) is 49.4 Å². The predicted molar refractivity (Wildman–Crippen MR) is 139 cm³/mol. The maximum absolute atomic E-state index is 13.0. The Hall–Kier alpha value is -3.81. The van der Waals surface area contributed by atoms with Gasteiger partial charge in [-0.15, -0.1) is 0 Å². The van der Waals surface area contributed by atoms with Gasteiger partial charge < -0.3 is 24.6 Å². The van der Waals surface area contributed by atoms with Crippen molar-refractivity contribution in [2.45, 2.75) is 39.3 Å². The Labute approximate surface area is 212 Å². The van der Waals surface area contributed by atoms with E-state index < -0.39 is 0 Å². The number of ether oxygens (including phenoxy) is 2. The van der Waals surface area contributed by atoms with Crippen LogP contribution in [-0.2, 0) is 19.5 Å². The van der Waals surface area contributed by atoms with Crippen LogP contribution in [0.1, 0.15) is 36.6 Å². The molecule has 3 heterocycles. The van der Waals surface area contributed by atoms with Crippen LogP contribution in [0.25, 0.3) is 0 Å². The van der Waals surface area contributed by atoms with Crippen molar-refractivity contribution in [1.29, 1.82) is 0 Å². The smallest absolute Gasteiger partial charge is 0.317 e. The first kappa shape index (κ1) is 23.9. The molecule has 0 saturated carbocycles. The van der Waals surface area contributed by atoms with E-state index in [1.807, 2.05) is 54.6 Å². The van der Waals surface area contributed by atoms with Crippen molar-refractivity contribution in [3.05, 3.63) is 71.4 Å². The van der Waals surface area contributed by atoms with Crippen LogP contribution in [0.4, 0.5) is 10.7 Å². The number of rotatable bonds is 6. The van der Waals surface area contributed by atoms with Crippen molar-refractivity contribution in [2.75, 3.05) is 31.6 Å². The Morgan fingerprint density at radius 1 is 1.00 bits per heavy atom. The SMILES string of the molecule is COc1ccccc1Oc1nc(N2CCC(C)CC2)nc2c1CN(C(=O)NCc1ccccc1)CC2. The second-order valence-corrected chi connectivity index (χ2v) is 9.49. The number of benzene rings is 2. The quantitative estimate of drug-likeness (QED) is 0.539. The molecule has 2 aliphatic rings. The molecule has 2 amide bonds. The number of amides is 2. The van der Waals surface area contributed by atoms with Crippen molar-refractivity contribution >= 4 is 12.0 Å². The lowest BCUT2D eigenvalue weighted by atomic mass is 9.99. The summed E-state index contributed by atoms with van der Waals surface area (Å²) < 4.78 is 11.8. The topological polar surface area (TPSA) is 79.8 Å². The molecule has 1 fully saturated rings. The lowest BCUT2D eigenvalue weighted by Crippen LogP contribution is -2.43. The fourth-order valence-corrected chi connectivity index (χ4v) is 4.67. The number of nitrogens with zero attached hydrogens (tertiary/aromatic N) is 4.